The minimum atomic E-state index is -0.160. The van der Waals surface area contributed by atoms with Crippen LogP contribution in [0.1, 0.15) is 53.8 Å². The number of hydrogen-bond acceptors (Lipinski definition) is 3. The largest absolute Gasteiger partial charge is 0.489 e. The fourth-order valence-corrected chi connectivity index (χ4v) is 2.24. The van der Waals surface area contributed by atoms with Crippen LogP contribution in [0.3, 0.4) is 0 Å². The lowest BCUT2D eigenvalue weighted by molar-refractivity contribution is 0.0868. The third kappa shape index (κ3) is 2.46. The maximum Gasteiger partial charge on any atom is 0.228 e. The fraction of sp³-hybridized carbons (Fsp3) is 0.375. The Bertz CT molecular complexity index is 541. The van der Waals surface area contributed by atoms with E-state index in [0.29, 0.717) is 29.7 Å². The van der Waals surface area contributed by atoms with Gasteiger partial charge in [0.05, 0.1) is 6.61 Å². The van der Waals surface area contributed by atoms with E-state index in [1.54, 1.807) is 24.3 Å². The summed E-state index contributed by atoms with van der Waals surface area (Å²) in [5.41, 5.74) is 1.48. The molecule has 2 rings (SSSR count). The zero-order valence-electron chi connectivity index (χ0n) is 11.4. The second kappa shape index (κ2) is 5.83. The second-order valence-corrected chi connectivity index (χ2v) is 4.61. The number of fused-ring (bicyclic) bond motifs is 1. The van der Waals surface area contributed by atoms with E-state index < -0.39 is 0 Å². The Morgan fingerprint density at radius 3 is 2.16 bits per heavy atom. The molecule has 100 valence electrons. The predicted octanol–water partition coefficient (Wildman–Crippen LogP) is 3.55. The van der Waals surface area contributed by atoms with Crippen molar-refractivity contribution in [1.29, 1.82) is 0 Å². The summed E-state index contributed by atoms with van der Waals surface area (Å²) in [4.78, 5) is 24.9. The molecule has 0 saturated carbocycles. The van der Waals surface area contributed by atoms with Gasteiger partial charge in [0.2, 0.25) is 5.78 Å². The molecule has 0 bridgehead atoms. The van der Waals surface area contributed by atoms with Crippen LogP contribution in [-0.4, -0.2) is 18.2 Å². The van der Waals surface area contributed by atoms with Gasteiger partial charge in [-0.25, -0.2) is 0 Å². The zero-order chi connectivity index (χ0) is 13.8. The normalized spacial score (nSPS) is 14.6. The van der Waals surface area contributed by atoms with Crippen LogP contribution < -0.4 is 0 Å². The Kier molecular flexibility index (Phi) is 4.15. The molecule has 3 heteroatoms. The first kappa shape index (κ1) is 13.5. The van der Waals surface area contributed by atoms with E-state index in [1.807, 2.05) is 13.8 Å². The lowest BCUT2D eigenvalue weighted by Gasteiger charge is -2.20. The molecule has 0 heterocycles. The summed E-state index contributed by atoms with van der Waals surface area (Å²) in [6.07, 6.45) is 2.21. The number of hydrogen-bond donors (Lipinski definition) is 0. The summed E-state index contributed by atoms with van der Waals surface area (Å²) in [7, 11) is 0. The third-order valence-electron chi connectivity index (χ3n) is 3.12. The van der Waals surface area contributed by atoms with Crippen LogP contribution in [0.2, 0.25) is 0 Å². The van der Waals surface area contributed by atoms with Gasteiger partial charge in [0.15, 0.2) is 11.5 Å². The highest BCUT2D eigenvalue weighted by Crippen LogP contribution is 2.29. The number of allylic oxidation sites excluding steroid dienone is 2. The minimum absolute atomic E-state index is 0.0665. The number of carbonyl (C=O) groups is 2. The van der Waals surface area contributed by atoms with E-state index in [-0.39, 0.29) is 17.3 Å². The molecule has 0 aromatic heterocycles. The van der Waals surface area contributed by atoms with Crippen LogP contribution in [0.25, 0.3) is 0 Å². The molecule has 0 radical (unpaired) electrons. The first-order valence-electron chi connectivity index (χ1n) is 6.75. The smallest absolute Gasteiger partial charge is 0.228 e. The summed E-state index contributed by atoms with van der Waals surface area (Å²) < 4.78 is 5.55. The molecular formula is C16H18O3. The average Bonchev–Trinajstić information content (AvgIpc) is 2.44. The van der Waals surface area contributed by atoms with Crippen molar-refractivity contribution < 1.29 is 14.3 Å². The molecule has 1 aliphatic rings. The van der Waals surface area contributed by atoms with E-state index in [4.69, 9.17) is 4.74 Å². The molecule has 0 saturated heterocycles. The van der Waals surface area contributed by atoms with Crippen molar-refractivity contribution in [2.24, 2.45) is 0 Å². The van der Waals surface area contributed by atoms with Crippen molar-refractivity contribution in [3.05, 3.63) is 46.7 Å². The van der Waals surface area contributed by atoms with Crippen LogP contribution in [0.15, 0.2) is 35.6 Å². The first-order valence-corrected chi connectivity index (χ1v) is 6.75. The quantitative estimate of drug-likeness (QED) is 0.811. The van der Waals surface area contributed by atoms with Crippen LogP contribution in [-0.2, 0) is 4.74 Å². The van der Waals surface area contributed by atoms with E-state index in [0.717, 1.165) is 12.8 Å². The molecule has 1 aromatic rings. The Morgan fingerprint density at radius 1 is 0.947 bits per heavy atom. The van der Waals surface area contributed by atoms with Gasteiger partial charge in [0, 0.05) is 16.7 Å². The Balaban J connectivity index is 2.48. The molecule has 0 atom stereocenters. The standard InChI is InChI=1S/C16H18O3/c1-3-7-13-14(17)11-8-5-6-9-12(11)15(18)16(13)19-10-4-2/h5-6,8-9H,3-4,7,10H2,1-2H3. The van der Waals surface area contributed by atoms with Gasteiger partial charge in [-0.3, -0.25) is 9.59 Å². The van der Waals surface area contributed by atoms with Crippen LogP contribution >= 0.6 is 0 Å². The van der Waals surface area contributed by atoms with Crippen molar-refractivity contribution in [2.75, 3.05) is 6.61 Å². The van der Waals surface area contributed by atoms with Crippen LogP contribution in [0, 0.1) is 0 Å². The number of Topliss-reactive ketones (excluding diaryl/α,β-unsaturated/α-hetero) is 2. The van der Waals surface area contributed by atoms with Gasteiger partial charge in [-0.2, -0.15) is 0 Å². The Morgan fingerprint density at radius 2 is 1.58 bits per heavy atom. The SMILES string of the molecule is CCCOC1=C(CCC)C(=O)c2ccccc2C1=O. The molecule has 1 aromatic carbocycles. The second-order valence-electron chi connectivity index (χ2n) is 4.61. The number of benzene rings is 1. The van der Waals surface area contributed by atoms with E-state index >= 15 is 0 Å². The highest BCUT2D eigenvalue weighted by atomic mass is 16.5. The van der Waals surface area contributed by atoms with E-state index in [9.17, 15) is 9.59 Å². The summed E-state index contributed by atoms with van der Waals surface area (Å²) in [5.74, 6) is 0.0302. The number of rotatable bonds is 5. The molecular weight excluding hydrogens is 240 g/mol. The first-order chi connectivity index (χ1) is 9.20. The monoisotopic (exact) mass is 258 g/mol. The molecule has 0 aliphatic heterocycles. The van der Waals surface area contributed by atoms with Crippen molar-refractivity contribution in [2.45, 2.75) is 33.1 Å². The summed E-state index contributed by atoms with van der Waals surface area (Å²) in [6, 6.07) is 6.95. The lowest BCUT2D eigenvalue weighted by Crippen LogP contribution is -2.23. The van der Waals surface area contributed by atoms with Gasteiger partial charge >= 0.3 is 0 Å². The summed E-state index contributed by atoms with van der Waals surface area (Å²) in [5, 5.41) is 0. The molecule has 0 amide bonds. The topological polar surface area (TPSA) is 43.4 Å². The number of ketones is 2. The molecule has 0 fully saturated rings. The summed E-state index contributed by atoms with van der Waals surface area (Å²) in [6.45, 7) is 4.43. The van der Waals surface area contributed by atoms with Gasteiger partial charge in [0.1, 0.15) is 0 Å². The highest BCUT2D eigenvalue weighted by Gasteiger charge is 2.32. The van der Waals surface area contributed by atoms with Crippen LogP contribution in [0.4, 0.5) is 0 Å². The predicted molar refractivity (Wildman–Crippen MR) is 73.3 cm³/mol. The molecule has 0 spiro atoms. The van der Waals surface area contributed by atoms with Crippen LogP contribution in [0.5, 0.6) is 0 Å². The van der Waals surface area contributed by atoms with Gasteiger partial charge in [-0.1, -0.05) is 44.5 Å². The van der Waals surface area contributed by atoms with Crippen molar-refractivity contribution in [1.82, 2.24) is 0 Å². The van der Waals surface area contributed by atoms with E-state index in [2.05, 4.69) is 0 Å². The minimum Gasteiger partial charge on any atom is -0.489 e. The molecule has 0 unspecified atom stereocenters. The molecule has 19 heavy (non-hydrogen) atoms. The van der Waals surface area contributed by atoms with Crippen molar-refractivity contribution >= 4 is 11.6 Å². The van der Waals surface area contributed by atoms with Gasteiger partial charge in [-0.05, 0) is 12.8 Å². The number of carbonyl (C=O) groups excluding carboxylic acids is 2. The van der Waals surface area contributed by atoms with Gasteiger partial charge in [0.25, 0.3) is 0 Å². The average molecular weight is 258 g/mol. The number of ether oxygens (including phenoxy) is 1. The maximum absolute atomic E-state index is 12.4. The zero-order valence-corrected chi connectivity index (χ0v) is 11.4. The van der Waals surface area contributed by atoms with Crippen molar-refractivity contribution in [3.8, 4) is 0 Å². The van der Waals surface area contributed by atoms with Gasteiger partial charge in [-0.15, -0.1) is 0 Å². The summed E-state index contributed by atoms with van der Waals surface area (Å²) >= 11 is 0. The lowest BCUT2D eigenvalue weighted by atomic mass is 9.86. The van der Waals surface area contributed by atoms with Gasteiger partial charge < -0.3 is 4.74 Å². The molecule has 3 nitrogen and oxygen atoms in total. The molecule has 1 aliphatic carbocycles. The van der Waals surface area contributed by atoms with E-state index in [1.165, 1.54) is 0 Å². The fourth-order valence-electron chi connectivity index (χ4n) is 2.24. The molecule has 0 N–H and O–H groups in total. The highest BCUT2D eigenvalue weighted by molar-refractivity contribution is 6.26. The Hall–Kier alpha value is -1.90. The third-order valence-corrected chi connectivity index (χ3v) is 3.12. The Labute approximate surface area is 113 Å². The maximum atomic E-state index is 12.4. The van der Waals surface area contributed by atoms with Crippen molar-refractivity contribution in [3.63, 3.8) is 0 Å².